The lowest BCUT2D eigenvalue weighted by Gasteiger charge is -2.60. The number of aliphatic hydroxyl groups excluding tert-OH is 2. The van der Waals surface area contributed by atoms with Gasteiger partial charge in [0.2, 0.25) is 0 Å². The Labute approximate surface area is 160 Å². The second-order valence-electron chi connectivity index (χ2n) is 9.68. The highest BCUT2D eigenvalue weighted by Crippen LogP contribution is 2.66. The van der Waals surface area contributed by atoms with Crippen molar-refractivity contribution in [2.24, 2.45) is 40.4 Å². The number of allylic oxidation sites excluding steroid dienone is 3. The molecule has 0 radical (unpaired) electrons. The van der Waals surface area contributed by atoms with Gasteiger partial charge in [-0.25, -0.2) is 0 Å². The molecule has 0 aliphatic heterocycles. The molecule has 0 aromatic carbocycles. The number of ketones is 1. The van der Waals surface area contributed by atoms with E-state index < -0.39 is 29.5 Å². The zero-order chi connectivity index (χ0) is 19.7. The summed E-state index contributed by atoms with van der Waals surface area (Å²) in [6.07, 6.45) is 6.71. The second-order valence-corrected chi connectivity index (χ2v) is 9.68. The minimum absolute atomic E-state index is 0.0180. The summed E-state index contributed by atoms with van der Waals surface area (Å²) in [6, 6.07) is 0. The van der Waals surface area contributed by atoms with Crippen molar-refractivity contribution in [3.8, 4) is 0 Å². The van der Waals surface area contributed by atoms with E-state index in [4.69, 9.17) is 0 Å². The molecular formula is C22H30O5. The van der Waals surface area contributed by atoms with Crippen LogP contribution in [0.3, 0.4) is 0 Å². The van der Waals surface area contributed by atoms with E-state index in [9.17, 15) is 24.9 Å². The van der Waals surface area contributed by atoms with Crippen LogP contribution in [0.15, 0.2) is 23.8 Å². The van der Waals surface area contributed by atoms with Crippen LogP contribution < -0.4 is 0 Å². The predicted molar refractivity (Wildman–Crippen MR) is 99.7 cm³/mol. The third kappa shape index (κ3) is 2.44. The van der Waals surface area contributed by atoms with E-state index in [1.807, 2.05) is 13.0 Å². The highest BCUT2D eigenvalue weighted by Gasteiger charge is 2.65. The number of rotatable bonds is 2. The van der Waals surface area contributed by atoms with Crippen LogP contribution in [0.1, 0.15) is 46.5 Å². The summed E-state index contributed by atoms with van der Waals surface area (Å²) in [6.45, 7) is 5.90. The molecule has 0 bridgehead atoms. The largest absolute Gasteiger partial charge is 0.481 e. The van der Waals surface area contributed by atoms with Gasteiger partial charge in [0.05, 0.1) is 18.1 Å². The van der Waals surface area contributed by atoms with Crippen LogP contribution in [0.5, 0.6) is 0 Å². The van der Waals surface area contributed by atoms with Gasteiger partial charge in [0, 0.05) is 10.8 Å². The van der Waals surface area contributed by atoms with Gasteiger partial charge in [0.25, 0.3) is 0 Å². The monoisotopic (exact) mass is 374 g/mol. The first kappa shape index (κ1) is 18.9. The number of aliphatic carboxylic acids is 1. The fourth-order valence-corrected chi connectivity index (χ4v) is 7.17. The van der Waals surface area contributed by atoms with E-state index in [2.05, 4.69) is 6.92 Å². The number of carbonyl (C=O) groups excluding carboxylic acids is 1. The van der Waals surface area contributed by atoms with E-state index in [0.29, 0.717) is 12.8 Å². The van der Waals surface area contributed by atoms with Gasteiger partial charge in [-0.3, -0.25) is 9.59 Å². The Kier molecular flexibility index (Phi) is 4.21. The summed E-state index contributed by atoms with van der Waals surface area (Å²) in [5.41, 5.74) is 0.149. The summed E-state index contributed by atoms with van der Waals surface area (Å²) < 4.78 is 0. The number of carboxylic acid groups (broad SMARTS) is 1. The van der Waals surface area contributed by atoms with Crippen LogP contribution in [0, 0.1) is 40.4 Å². The van der Waals surface area contributed by atoms with Crippen molar-refractivity contribution in [1.29, 1.82) is 0 Å². The summed E-state index contributed by atoms with van der Waals surface area (Å²) in [4.78, 5) is 23.5. The molecule has 27 heavy (non-hydrogen) atoms. The Balaban J connectivity index is 1.74. The number of carbonyl (C=O) groups is 2. The molecule has 4 rings (SSSR count). The number of hydrogen-bond donors (Lipinski definition) is 3. The Hall–Kier alpha value is -1.46. The van der Waals surface area contributed by atoms with E-state index >= 15 is 0 Å². The molecule has 0 aromatic rings. The zero-order valence-electron chi connectivity index (χ0n) is 16.3. The molecule has 0 amide bonds. The first-order valence-corrected chi connectivity index (χ1v) is 10.1. The topological polar surface area (TPSA) is 94.8 Å². The quantitative estimate of drug-likeness (QED) is 0.690. The molecule has 3 saturated carbocycles. The summed E-state index contributed by atoms with van der Waals surface area (Å²) in [7, 11) is 0. The number of aliphatic hydroxyl groups is 2. The average Bonchev–Trinajstić information content (AvgIpc) is 2.95. The first-order valence-electron chi connectivity index (χ1n) is 10.1. The SMILES string of the molecule is CC(C(=O)O)[C@H]1CC[C@H]2[C@@H]3[C@H](O)CC4=CC(=O)C=C[C@]4(C)[C@H]3C[C@H](O)[C@]12C. The molecule has 1 unspecified atom stereocenters. The lowest BCUT2D eigenvalue weighted by Crippen LogP contribution is -2.60. The number of carboxylic acids is 1. The van der Waals surface area contributed by atoms with Crippen molar-refractivity contribution in [3.05, 3.63) is 23.8 Å². The molecule has 0 aromatic heterocycles. The van der Waals surface area contributed by atoms with Crippen molar-refractivity contribution >= 4 is 11.8 Å². The van der Waals surface area contributed by atoms with Gasteiger partial charge >= 0.3 is 5.97 Å². The van der Waals surface area contributed by atoms with Crippen molar-refractivity contribution < 1.29 is 24.9 Å². The Morgan fingerprint density at radius 3 is 2.59 bits per heavy atom. The standard InChI is InChI=1S/C22H30O5/c1-11(20(26)27)14-4-5-15-19-16(10-18(25)22(14,15)3)21(2)7-6-13(23)8-12(21)9-17(19)24/h6-8,11,14-19,24-25H,4-5,9-10H2,1-3H3,(H,26,27)/t11?,14-,15+,16+,17-,18+,19+,21+,22-/m1/s1. The summed E-state index contributed by atoms with van der Waals surface area (Å²) >= 11 is 0. The molecule has 0 saturated heterocycles. The Morgan fingerprint density at radius 2 is 1.93 bits per heavy atom. The molecule has 4 aliphatic rings. The van der Waals surface area contributed by atoms with Crippen LogP contribution >= 0.6 is 0 Å². The molecule has 9 atom stereocenters. The van der Waals surface area contributed by atoms with Gasteiger partial charge in [0.1, 0.15) is 0 Å². The predicted octanol–water partition coefficient (Wildman–Crippen LogP) is 2.57. The van der Waals surface area contributed by atoms with Crippen molar-refractivity contribution in [1.82, 2.24) is 0 Å². The molecule has 5 heteroatoms. The molecule has 5 nitrogen and oxygen atoms in total. The van der Waals surface area contributed by atoms with E-state index in [0.717, 1.165) is 18.4 Å². The van der Waals surface area contributed by atoms with Gasteiger partial charge in [-0.15, -0.1) is 0 Å². The second kappa shape index (κ2) is 6.02. The van der Waals surface area contributed by atoms with Crippen LogP contribution in [0.2, 0.25) is 0 Å². The van der Waals surface area contributed by atoms with E-state index in [1.165, 1.54) is 0 Å². The highest BCUT2D eigenvalue weighted by molar-refractivity contribution is 6.01. The molecular weight excluding hydrogens is 344 g/mol. The van der Waals surface area contributed by atoms with Gasteiger partial charge < -0.3 is 15.3 Å². The normalized spacial score (nSPS) is 49.7. The average molecular weight is 374 g/mol. The van der Waals surface area contributed by atoms with Gasteiger partial charge in [-0.1, -0.05) is 32.4 Å². The third-order valence-electron chi connectivity index (χ3n) is 8.75. The maximum Gasteiger partial charge on any atom is 0.306 e. The lowest BCUT2D eigenvalue weighted by molar-refractivity contribution is -0.167. The van der Waals surface area contributed by atoms with E-state index in [1.54, 1.807) is 19.1 Å². The third-order valence-corrected chi connectivity index (χ3v) is 8.75. The van der Waals surface area contributed by atoms with Gasteiger partial charge in [-0.2, -0.15) is 0 Å². The van der Waals surface area contributed by atoms with Crippen LogP contribution in [0.4, 0.5) is 0 Å². The molecule has 3 fully saturated rings. The van der Waals surface area contributed by atoms with E-state index in [-0.39, 0.29) is 34.9 Å². The first-order chi connectivity index (χ1) is 12.6. The molecule has 0 heterocycles. The fraction of sp³-hybridized carbons (Fsp3) is 0.727. The highest BCUT2D eigenvalue weighted by atomic mass is 16.4. The van der Waals surface area contributed by atoms with Crippen LogP contribution in [-0.2, 0) is 9.59 Å². The molecule has 148 valence electrons. The maximum atomic E-state index is 11.9. The lowest BCUT2D eigenvalue weighted by atomic mass is 9.46. The smallest absolute Gasteiger partial charge is 0.306 e. The minimum atomic E-state index is -0.814. The molecule has 0 spiro atoms. The van der Waals surface area contributed by atoms with Gasteiger partial charge in [-0.05, 0) is 61.5 Å². The van der Waals surface area contributed by atoms with Crippen molar-refractivity contribution in [2.45, 2.75) is 58.7 Å². The summed E-state index contributed by atoms with van der Waals surface area (Å²) in [5.74, 6) is -1.27. The van der Waals surface area contributed by atoms with Gasteiger partial charge in [0.15, 0.2) is 5.78 Å². The number of fused-ring (bicyclic) bond motifs is 5. The Bertz CT molecular complexity index is 739. The minimum Gasteiger partial charge on any atom is -0.481 e. The van der Waals surface area contributed by atoms with Crippen LogP contribution in [0.25, 0.3) is 0 Å². The van der Waals surface area contributed by atoms with Crippen LogP contribution in [-0.4, -0.2) is 39.3 Å². The summed E-state index contributed by atoms with van der Waals surface area (Å²) in [5, 5.41) is 31.8. The number of hydrogen-bond acceptors (Lipinski definition) is 4. The Morgan fingerprint density at radius 1 is 1.22 bits per heavy atom. The molecule has 3 N–H and O–H groups in total. The maximum absolute atomic E-state index is 11.9. The van der Waals surface area contributed by atoms with Crippen molar-refractivity contribution in [2.75, 3.05) is 0 Å². The van der Waals surface area contributed by atoms with Crippen molar-refractivity contribution in [3.63, 3.8) is 0 Å². The zero-order valence-corrected chi connectivity index (χ0v) is 16.3. The molecule has 4 aliphatic carbocycles. The fourth-order valence-electron chi connectivity index (χ4n) is 7.17.